The Morgan fingerprint density at radius 1 is 0.862 bits per heavy atom. The highest BCUT2D eigenvalue weighted by Gasteiger charge is 2.19. The van der Waals surface area contributed by atoms with Gasteiger partial charge in [0.25, 0.3) is 5.91 Å². The van der Waals surface area contributed by atoms with Gasteiger partial charge in [0.2, 0.25) is 0 Å². The highest BCUT2D eigenvalue weighted by Crippen LogP contribution is 2.30. The summed E-state index contributed by atoms with van der Waals surface area (Å²) in [5.41, 5.74) is 9.42. The van der Waals surface area contributed by atoms with Gasteiger partial charge in [0, 0.05) is 22.6 Å². The molecule has 0 bridgehead atoms. The molecule has 0 unspecified atom stereocenters. The average Bonchev–Trinajstić information content (AvgIpc) is 2.75. The van der Waals surface area contributed by atoms with Crippen molar-refractivity contribution >= 4 is 29.0 Å². The number of nitrogens with two attached hydrogens (primary N) is 1. The standard InChI is InChI=1S/C24H24N2O3/c1-17(15-18-9-14-22(28-2)23(16-18)29-3)24(27)26(20-7-5-4-6-8-20)21-12-10-19(25)11-13-21/h4-16H,25H2,1-3H3/b17-15+. The van der Waals surface area contributed by atoms with Crippen LogP contribution in [-0.4, -0.2) is 20.1 Å². The first-order valence-electron chi connectivity index (χ1n) is 9.19. The molecular weight excluding hydrogens is 364 g/mol. The number of nitrogens with zero attached hydrogens (tertiary/aromatic N) is 1. The van der Waals surface area contributed by atoms with E-state index in [1.54, 1.807) is 38.2 Å². The van der Waals surface area contributed by atoms with Crippen LogP contribution in [0.1, 0.15) is 12.5 Å². The number of hydrogen-bond donors (Lipinski definition) is 1. The molecule has 0 radical (unpaired) electrons. The maximum atomic E-state index is 13.4. The Bertz CT molecular complexity index is 1010. The first-order chi connectivity index (χ1) is 14.0. The maximum absolute atomic E-state index is 13.4. The number of methoxy groups -OCH3 is 2. The molecule has 0 aliphatic carbocycles. The normalized spacial score (nSPS) is 11.1. The molecule has 148 valence electrons. The van der Waals surface area contributed by atoms with E-state index in [-0.39, 0.29) is 5.91 Å². The summed E-state index contributed by atoms with van der Waals surface area (Å²) in [4.78, 5) is 15.1. The van der Waals surface area contributed by atoms with Gasteiger partial charge in [-0.2, -0.15) is 0 Å². The number of ether oxygens (including phenoxy) is 2. The lowest BCUT2D eigenvalue weighted by molar-refractivity contribution is -0.114. The lowest BCUT2D eigenvalue weighted by Crippen LogP contribution is -2.26. The van der Waals surface area contributed by atoms with Crippen LogP contribution in [0.15, 0.2) is 78.4 Å². The molecule has 5 heteroatoms. The van der Waals surface area contributed by atoms with Crippen LogP contribution in [0.5, 0.6) is 11.5 Å². The van der Waals surface area contributed by atoms with E-state index >= 15 is 0 Å². The first kappa shape index (κ1) is 20.0. The minimum absolute atomic E-state index is 0.129. The molecule has 0 fully saturated rings. The number of carbonyl (C=O) groups excluding carboxylic acids is 1. The Balaban J connectivity index is 1.99. The number of nitrogen functional groups attached to an aromatic ring is 1. The molecule has 0 aliphatic rings. The van der Waals surface area contributed by atoms with Gasteiger partial charge in [0.05, 0.1) is 14.2 Å². The van der Waals surface area contributed by atoms with Crippen LogP contribution < -0.4 is 20.1 Å². The Morgan fingerprint density at radius 2 is 1.48 bits per heavy atom. The van der Waals surface area contributed by atoms with Crippen LogP contribution in [0.2, 0.25) is 0 Å². The quantitative estimate of drug-likeness (QED) is 0.474. The third-order valence-electron chi connectivity index (χ3n) is 4.50. The van der Waals surface area contributed by atoms with E-state index in [2.05, 4.69) is 0 Å². The van der Waals surface area contributed by atoms with Crippen molar-refractivity contribution in [1.29, 1.82) is 0 Å². The van der Waals surface area contributed by atoms with Crippen LogP contribution in [0.4, 0.5) is 17.1 Å². The second-order valence-corrected chi connectivity index (χ2v) is 6.51. The minimum Gasteiger partial charge on any atom is -0.493 e. The van der Waals surface area contributed by atoms with Crippen molar-refractivity contribution in [1.82, 2.24) is 0 Å². The molecule has 2 N–H and O–H groups in total. The summed E-state index contributed by atoms with van der Waals surface area (Å²) in [6, 6.07) is 22.3. The zero-order chi connectivity index (χ0) is 20.8. The van der Waals surface area contributed by atoms with E-state index in [1.165, 1.54) is 0 Å². The maximum Gasteiger partial charge on any atom is 0.258 e. The van der Waals surface area contributed by atoms with E-state index in [4.69, 9.17) is 15.2 Å². The van der Waals surface area contributed by atoms with Crippen molar-refractivity contribution in [2.24, 2.45) is 0 Å². The number of anilines is 3. The van der Waals surface area contributed by atoms with Gasteiger partial charge in [-0.25, -0.2) is 0 Å². The van der Waals surface area contributed by atoms with Gasteiger partial charge in [0.15, 0.2) is 11.5 Å². The number of hydrogen-bond acceptors (Lipinski definition) is 4. The SMILES string of the molecule is COc1ccc(/C=C(\C)C(=O)N(c2ccccc2)c2ccc(N)cc2)cc1OC. The lowest BCUT2D eigenvalue weighted by Gasteiger charge is -2.23. The Labute approximate surface area is 171 Å². The fourth-order valence-corrected chi connectivity index (χ4v) is 3.01. The molecule has 0 spiro atoms. The summed E-state index contributed by atoms with van der Waals surface area (Å²) < 4.78 is 10.6. The molecule has 3 rings (SSSR count). The molecule has 0 aromatic heterocycles. The fourth-order valence-electron chi connectivity index (χ4n) is 3.01. The number of carbonyl (C=O) groups is 1. The third kappa shape index (κ3) is 4.58. The largest absolute Gasteiger partial charge is 0.493 e. The molecule has 0 aliphatic heterocycles. The van der Waals surface area contributed by atoms with Gasteiger partial charge in [0.1, 0.15) is 0 Å². The van der Waals surface area contributed by atoms with Crippen LogP contribution in [0.3, 0.4) is 0 Å². The minimum atomic E-state index is -0.129. The van der Waals surface area contributed by atoms with Crippen molar-refractivity contribution in [3.05, 3.63) is 83.9 Å². The van der Waals surface area contributed by atoms with E-state index < -0.39 is 0 Å². The van der Waals surface area contributed by atoms with Gasteiger partial charge in [-0.05, 0) is 67.1 Å². The number of rotatable bonds is 6. The van der Waals surface area contributed by atoms with Crippen molar-refractivity contribution in [2.75, 3.05) is 24.9 Å². The van der Waals surface area contributed by atoms with E-state index in [0.29, 0.717) is 22.8 Å². The van der Waals surface area contributed by atoms with Crippen molar-refractivity contribution in [2.45, 2.75) is 6.92 Å². The number of amides is 1. The molecule has 3 aromatic rings. The second kappa shape index (κ2) is 8.97. The summed E-state index contributed by atoms with van der Waals surface area (Å²) in [6.45, 7) is 1.80. The topological polar surface area (TPSA) is 64.8 Å². The predicted molar refractivity (Wildman–Crippen MR) is 118 cm³/mol. The summed E-state index contributed by atoms with van der Waals surface area (Å²) in [5.74, 6) is 1.12. The summed E-state index contributed by atoms with van der Waals surface area (Å²) in [7, 11) is 3.17. The molecule has 0 heterocycles. The average molecular weight is 388 g/mol. The van der Waals surface area contributed by atoms with Gasteiger partial charge in [-0.1, -0.05) is 24.3 Å². The molecule has 3 aromatic carbocycles. The monoisotopic (exact) mass is 388 g/mol. The van der Waals surface area contributed by atoms with Gasteiger partial charge in [-0.15, -0.1) is 0 Å². The summed E-state index contributed by atoms with van der Waals surface area (Å²) >= 11 is 0. The summed E-state index contributed by atoms with van der Waals surface area (Å²) in [5, 5.41) is 0. The number of para-hydroxylation sites is 1. The van der Waals surface area contributed by atoms with Crippen LogP contribution in [0, 0.1) is 0 Å². The highest BCUT2D eigenvalue weighted by molar-refractivity contribution is 6.12. The zero-order valence-corrected chi connectivity index (χ0v) is 16.8. The zero-order valence-electron chi connectivity index (χ0n) is 16.8. The molecule has 0 saturated heterocycles. The lowest BCUT2D eigenvalue weighted by atomic mass is 10.1. The predicted octanol–water partition coefficient (Wildman–Crippen LogP) is 5.05. The third-order valence-corrected chi connectivity index (χ3v) is 4.50. The Morgan fingerprint density at radius 3 is 2.10 bits per heavy atom. The van der Waals surface area contributed by atoms with Crippen molar-refractivity contribution in [3.8, 4) is 11.5 Å². The Kier molecular flexibility index (Phi) is 6.19. The molecule has 5 nitrogen and oxygen atoms in total. The van der Waals surface area contributed by atoms with Crippen molar-refractivity contribution in [3.63, 3.8) is 0 Å². The van der Waals surface area contributed by atoms with Gasteiger partial charge < -0.3 is 15.2 Å². The molecule has 0 saturated carbocycles. The molecule has 0 atom stereocenters. The van der Waals surface area contributed by atoms with Crippen LogP contribution >= 0.6 is 0 Å². The summed E-state index contributed by atoms with van der Waals surface area (Å²) in [6.07, 6.45) is 1.83. The number of benzene rings is 3. The smallest absolute Gasteiger partial charge is 0.258 e. The van der Waals surface area contributed by atoms with Crippen LogP contribution in [0.25, 0.3) is 6.08 Å². The molecule has 1 amide bonds. The molecular formula is C24H24N2O3. The fraction of sp³-hybridized carbons (Fsp3) is 0.125. The van der Waals surface area contributed by atoms with E-state index in [0.717, 1.165) is 16.9 Å². The molecule has 29 heavy (non-hydrogen) atoms. The highest BCUT2D eigenvalue weighted by atomic mass is 16.5. The van der Waals surface area contributed by atoms with Gasteiger partial charge in [-0.3, -0.25) is 9.69 Å². The van der Waals surface area contributed by atoms with Crippen molar-refractivity contribution < 1.29 is 14.3 Å². The Hall–Kier alpha value is -3.73. The van der Waals surface area contributed by atoms with Crippen LogP contribution in [-0.2, 0) is 4.79 Å². The second-order valence-electron chi connectivity index (χ2n) is 6.51. The van der Waals surface area contributed by atoms with Gasteiger partial charge >= 0.3 is 0 Å². The van der Waals surface area contributed by atoms with E-state index in [9.17, 15) is 4.79 Å². The van der Waals surface area contributed by atoms with E-state index in [1.807, 2.05) is 66.7 Å². The first-order valence-corrected chi connectivity index (χ1v) is 9.19.